The quantitative estimate of drug-likeness (QED) is 0.352. The van der Waals surface area contributed by atoms with Crippen LogP contribution in [-0.2, 0) is 19.1 Å². The third-order valence-corrected chi connectivity index (χ3v) is 5.36. The Balaban J connectivity index is 1.82. The molecule has 1 heterocycles. The Kier molecular flexibility index (Phi) is 6.58. The summed E-state index contributed by atoms with van der Waals surface area (Å²) >= 11 is 0. The Morgan fingerprint density at radius 2 is 1.87 bits per heavy atom. The number of hydrogen-bond acceptors (Lipinski definition) is 7. The van der Waals surface area contributed by atoms with E-state index in [2.05, 4.69) is 15.3 Å². The maximum Gasteiger partial charge on any atom is 0.419 e. The number of nitrogen functional groups attached to an aromatic ring is 1. The summed E-state index contributed by atoms with van der Waals surface area (Å²) in [5, 5.41) is 14.1. The zero-order chi connectivity index (χ0) is 22.8. The lowest BCUT2D eigenvalue weighted by Gasteiger charge is -2.25. The van der Waals surface area contributed by atoms with Crippen molar-refractivity contribution < 1.29 is 22.5 Å². The molecule has 1 aliphatic rings. The molecule has 168 valence electrons. The lowest BCUT2D eigenvalue weighted by molar-refractivity contribution is -0.385. The van der Waals surface area contributed by atoms with Gasteiger partial charge in [-0.2, -0.15) is 18.2 Å². The fourth-order valence-corrected chi connectivity index (χ4v) is 3.72. The van der Waals surface area contributed by atoms with Crippen molar-refractivity contribution in [2.24, 2.45) is 11.7 Å². The Morgan fingerprint density at radius 3 is 2.48 bits per heavy atom. The van der Waals surface area contributed by atoms with Crippen LogP contribution in [0.4, 0.5) is 35.0 Å². The van der Waals surface area contributed by atoms with Gasteiger partial charge in [-0.25, -0.2) is 9.37 Å². The summed E-state index contributed by atoms with van der Waals surface area (Å²) in [6, 6.07) is 3.04. The lowest BCUT2D eigenvalue weighted by atomic mass is 9.83. The van der Waals surface area contributed by atoms with Crippen LogP contribution in [-0.4, -0.2) is 20.9 Å². The van der Waals surface area contributed by atoms with Crippen molar-refractivity contribution in [2.75, 3.05) is 11.1 Å². The van der Waals surface area contributed by atoms with Gasteiger partial charge in [-0.1, -0.05) is 12.1 Å². The van der Waals surface area contributed by atoms with E-state index in [0.29, 0.717) is 12.5 Å². The van der Waals surface area contributed by atoms with Crippen molar-refractivity contribution in [1.29, 1.82) is 0 Å². The van der Waals surface area contributed by atoms with E-state index >= 15 is 0 Å². The van der Waals surface area contributed by atoms with Crippen LogP contribution in [0.15, 0.2) is 18.2 Å². The third kappa shape index (κ3) is 5.37. The summed E-state index contributed by atoms with van der Waals surface area (Å²) in [6.07, 6.45) is -1.34. The number of nitrogens with two attached hydrogens (primary N) is 2. The van der Waals surface area contributed by atoms with Crippen LogP contribution in [0.5, 0.6) is 0 Å². The predicted molar refractivity (Wildman–Crippen MR) is 105 cm³/mol. The van der Waals surface area contributed by atoms with Crippen LogP contribution in [0.2, 0.25) is 0 Å². The van der Waals surface area contributed by atoms with E-state index in [4.69, 9.17) is 11.5 Å². The second-order valence-electron chi connectivity index (χ2n) is 7.60. The molecule has 1 aromatic heterocycles. The van der Waals surface area contributed by atoms with Crippen LogP contribution < -0.4 is 16.8 Å². The highest BCUT2D eigenvalue weighted by atomic mass is 19.4. The molecule has 0 aliphatic heterocycles. The predicted octanol–water partition coefficient (Wildman–Crippen LogP) is 3.80. The van der Waals surface area contributed by atoms with Crippen LogP contribution in [0.25, 0.3) is 0 Å². The highest BCUT2D eigenvalue weighted by molar-refractivity contribution is 5.58. The average Bonchev–Trinajstić information content (AvgIpc) is 2.67. The third-order valence-electron chi connectivity index (χ3n) is 5.36. The number of halogens is 4. The van der Waals surface area contributed by atoms with E-state index in [-0.39, 0.29) is 41.5 Å². The van der Waals surface area contributed by atoms with E-state index in [1.165, 1.54) is 6.07 Å². The largest absolute Gasteiger partial charge is 0.419 e. The van der Waals surface area contributed by atoms with Crippen molar-refractivity contribution in [3.63, 3.8) is 0 Å². The minimum Gasteiger partial charge on any atom is -0.378 e. The standard InChI is InChI=1S/C19H22F4N6O2/c20-15-11(2-1-3-13(15)19(21,22)23)9-26-18-27-14(16(29(30)31)17(25)28-18)8-10-4-6-12(24)7-5-10/h1-3,10,12H,4-9,24H2,(H3,25,26,27,28). The SMILES string of the molecule is Nc1nc(NCc2cccc(C(F)(F)F)c2F)nc(CC2CCC(N)CC2)c1[N+](=O)[O-]. The highest BCUT2D eigenvalue weighted by Gasteiger charge is 2.34. The highest BCUT2D eigenvalue weighted by Crippen LogP contribution is 2.34. The van der Waals surface area contributed by atoms with E-state index in [0.717, 1.165) is 31.7 Å². The molecule has 0 bridgehead atoms. The van der Waals surface area contributed by atoms with E-state index in [1.54, 1.807) is 0 Å². The number of hydrogen-bond donors (Lipinski definition) is 3. The van der Waals surface area contributed by atoms with Crippen molar-refractivity contribution in [1.82, 2.24) is 9.97 Å². The molecule has 0 atom stereocenters. The van der Waals surface area contributed by atoms with Gasteiger partial charge < -0.3 is 16.8 Å². The monoisotopic (exact) mass is 442 g/mol. The maximum atomic E-state index is 14.2. The molecule has 0 amide bonds. The first-order chi connectivity index (χ1) is 14.6. The number of alkyl halides is 3. The first-order valence-corrected chi connectivity index (χ1v) is 9.71. The van der Waals surface area contributed by atoms with Crippen LogP contribution in [0, 0.1) is 21.8 Å². The minimum absolute atomic E-state index is 0.112. The summed E-state index contributed by atoms with van der Waals surface area (Å²) in [7, 11) is 0. The van der Waals surface area contributed by atoms with Gasteiger partial charge in [-0.15, -0.1) is 0 Å². The van der Waals surface area contributed by atoms with E-state index < -0.39 is 28.2 Å². The average molecular weight is 442 g/mol. The van der Waals surface area contributed by atoms with E-state index in [9.17, 15) is 27.7 Å². The molecule has 0 unspecified atom stereocenters. The smallest absolute Gasteiger partial charge is 0.378 e. The van der Waals surface area contributed by atoms with Crippen LogP contribution in [0.3, 0.4) is 0 Å². The molecule has 12 heteroatoms. The Hall–Kier alpha value is -3.02. The Labute approximate surface area is 175 Å². The molecular weight excluding hydrogens is 420 g/mol. The molecule has 1 aromatic carbocycles. The number of nitrogens with zero attached hydrogens (tertiary/aromatic N) is 3. The molecule has 0 spiro atoms. The number of anilines is 2. The van der Waals surface area contributed by atoms with Crippen molar-refractivity contribution in [2.45, 2.75) is 50.9 Å². The van der Waals surface area contributed by atoms with Gasteiger partial charge >= 0.3 is 11.9 Å². The molecule has 0 saturated heterocycles. The number of nitrogens with one attached hydrogen (secondary N) is 1. The zero-order valence-corrected chi connectivity index (χ0v) is 16.5. The summed E-state index contributed by atoms with van der Waals surface area (Å²) in [4.78, 5) is 18.8. The van der Waals surface area contributed by atoms with Crippen molar-refractivity contribution in [3.05, 3.63) is 51.0 Å². The van der Waals surface area contributed by atoms with Crippen LogP contribution >= 0.6 is 0 Å². The second kappa shape index (κ2) is 9.00. The molecule has 1 saturated carbocycles. The minimum atomic E-state index is -4.83. The summed E-state index contributed by atoms with van der Waals surface area (Å²) < 4.78 is 52.9. The summed E-state index contributed by atoms with van der Waals surface area (Å²) in [6.45, 7) is -0.356. The van der Waals surface area contributed by atoms with Gasteiger partial charge in [-0.05, 0) is 44.1 Å². The number of benzene rings is 1. The topological polar surface area (TPSA) is 133 Å². The van der Waals surface area contributed by atoms with Gasteiger partial charge in [0.1, 0.15) is 11.5 Å². The molecular formula is C19H22F4N6O2. The Morgan fingerprint density at radius 1 is 1.19 bits per heavy atom. The maximum absolute atomic E-state index is 14.2. The van der Waals surface area contributed by atoms with Crippen LogP contribution in [0.1, 0.15) is 42.5 Å². The summed E-state index contributed by atoms with van der Waals surface area (Å²) in [5.41, 5.74) is 9.75. The van der Waals surface area contributed by atoms with Gasteiger partial charge in [0.15, 0.2) is 0 Å². The zero-order valence-electron chi connectivity index (χ0n) is 16.5. The second-order valence-corrected chi connectivity index (χ2v) is 7.60. The molecule has 8 nitrogen and oxygen atoms in total. The first kappa shape index (κ1) is 22.7. The normalized spacial score (nSPS) is 19.3. The van der Waals surface area contributed by atoms with E-state index in [1.807, 2.05) is 0 Å². The van der Waals surface area contributed by atoms with Crippen molar-refractivity contribution >= 4 is 17.5 Å². The molecule has 3 rings (SSSR count). The molecule has 1 fully saturated rings. The molecule has 5 N–H and O–H groups in total. The fraction of sp³-hybridized carbons (Fsp3) is 0.474. The summed E-state index contributed by atoms with van der Waals surface area (Å²) in [5.74, 6) is -1.75. The van der Waals surface area contributed by atoms with Gasteiger partial charge in [0, 0.05) is 18.2 Å². The number of aromatic nitrogens is 2. The Bertz CT molecular complexity index is 961. The molecule has 31 heavy (non-hydrogen) atoms. The number of rotatable bonds is 6. The fourth-order valence-electron chi connectivity index (χ4n) is 3.72. The molecule has 0 radical (unpaired) electrons. The van der Waals surface area contributed by atoms with Crippen molar-refractivity contribution in [3.8, 4) is 0 Å². The number of nitro groups is 1. The molecule has 1 aliphatic carbocycles. The van der Waals surface area contributed by atoms with Gasteiger partial charge in [0.25, 0.3) is 0 Å². The molecule has 2 aromatic rings. The van der Waals surface area contributed by atoms with Gasteiger partial charge in [0.2, 0.25) is 11.8 Å². The van der Waals surface area contributed by atoms with Gasteiger partial charge in [0.05, 0.1) is 10.5 Å². The van der Waals surface area contributed by atoms with Gasteiger partial charge in [-0.3, -0.25) is 10.1 Å². The first-order valence-electron chi connectivity index (χ1n) is 9.71. The lowest BCUT2D eigenvalue weighted by Crippen LogP contribution is -2.27.